The van der Waals surface area contributed by atoms with E-state index in [1.807, 2.05) is 36.6 Å². The van der Waals surface area contributed by atoms with Gasteiger partial charge in [-0.05, 0) is 43.4 Å². The van der Waals surface area contributed by atoms with E-state index in [4.69, 9.17) is 0 Å². The van der Waals surface area contributed by atoms with Gasteiger partial charge in [-0.1, -0.05) is 39.8 Å². The Morgan fingerprint density at radius 1 is 1.26 bits per heavy atom. The third kappa shape index (κ3) is 6.05. The predicted octanol–water partition coefficient (Wildman–Crippen LogP) is 3.89. The molecule has 1 saturated heterocycles. The minimum absolute atomic E-state index is 0.113. The van der Waals surface area contributed by atoms with Gasteiger partial charge in [-0.25, -0.2) is 4.39 Å². The van der Waals surface area contributed by atoms with Gasteiger partial charge in [-0.15, -0.1) is 0 Å². The molecule has 2 rings (SSSR count). The molecule has 1 heterocycles. The molecule has 0 aromatic heterocycles. The highest BCUT2D eigenvalue weighted by Crippen LogP contribution is 2.25. The van der Waals surface area contributed by atoms with Gasteiger partial charge in [0.15, 0.2) is 0 Å². The number of piperidine rings is 1. The Kier molecular flexibility index (Phi) is 7.40. The normalized spacial score (nSPS) is 17.7. The van der Waals surface area contributed by atoms with Crippen LogP contribution in [0.4, 0.5) is 4.39 Å². The lowest BCUT2D eigenvalue weighted by Gasteiger charge is -2.37. The van der Waals surface area contributed by atoms with Crippen LogP contribution in [0.25, 0.3) is 0 Å². The fraction of sp³-hybridized carbons (Fsp3) is 0.636. The first kappa shape index (κ1) is 21.4. The van der Waals surface area contributed by atoms with Gasteiger partial charge in [0.25, 0.3) is 0 Å². The van der Waals surface area contributed by atoms with Crippen LogP contribution >= 0.6 is 0 Å². The smallest absolute Gasteiger partial charge is 0.227 e. The Balaban J connectivity index is 2.01. The van der Waals surface area contributed by atoms with E-state index in [0.29, 0.717) is 26.1 Å². The first-order valence-corrected chi connectivity index (χ1v) is 10.0. The molecule has 1 aliphatic rings. The van der Waals surface area contributed by atoms with Crippen molar-refractivity contribution in [3.63, 3.8) is 0 Å². The summed E-state index contributed by atoms with van der Waals surface area (Å²) in [6.07, 6.45) is 3.21. The van der Waals surface area contributed by atoms with Crippen LogP contribution in [0.1, 0.15) is 52.5 Å². The Morgan fingerprint density at radius 2 is 2.00 bits per heavy atom. The standard InChI is InChI=1S/C22H33FN2O2/c1-5-12-24(14-11-17-8-6-10-19(23)15-17)20(26)18-9-7-13-25(16-18)21(27)22(2,3)4/h6,8,10,15,18H,5,7,9,11-14,16H2,1-4H3. The number of halogens is 1. The summed E-state index contributed by atoms with van der Waals surface area (Å²) in [6, 6.07) is 6.55. The second-order valence-corrected chi connectivity index (χ2v) is 8.55. The molecule has 27 heavy (non-hydrogen) atoms. The topological polar surface area (TPSA) is 40.6 Å². The van der Waals surface area contributed by atoms with Crippen molar-refractivity contribution < 1.29 is 14.0 Å². The van der Waals surface area contributed by atoms with Crippen LogP contribution in [0.2, 0.25) is 0 Å². The Labute approximate surface area is 162 Å². The molecule has 1 aromatic carbocycles. The SMILES string of the molecule is CCCN(CCc1cccc(F)c1)C(=O)C1CCCN(C(=O)C(C)(C)C)C1. The highest BCUT2D eigenvalue weighted by molar-refractivity contribution is 5.84. The molecule has 1 unspecified atom stereocenters. The summed E-state index contributed by atoms with van der Waals surface area (Å²) in [6.45, 7) is 10.3. The number of likely N-dealkylation sites (tertiary alicyclic amines) is 1. The number of amides is 2. The van der Waals surface area contributed by atoms with Crippen molar-refractivity contribution >= 4 is 11.8 Å². The molecule has 1 fully saturated rings. The lowest BCUT2D eigenvalue weighted by atomic mass is 9.90. The second-order valence-electron chi connectivity index (χ2n) is 8.55. The van der Waals surface area contributed by atoms with Crippen molar-refractivity contribution in [2.24, 2.45) is 11.3 Å². The molecule has 0 bridgehead atoms. The number of hydrogen-bond donors (Lipinski definition) is 0. The number of benzene rings is 1. The first-order chi connectivity index (χ1) is 12.7. The number of hydrogen-bond acceptors (Lipinski definition) is 2. The number of rotatable bonds is 6. The average molecular weight is 377 g/mol. The van der Waals surface area contributed by atoms with Gasteiger partial charge in [-0.3, -0.25) is 9.59 Å². The quantitative estimate of drug-likeness (QED) is 0.756. The van der Waals surface area contributed by atoms with E-state index in [0.717, 1.165) is 31.4 Å². The largest absolute Gasteiger partial charge is 0.342 e. The third-order valence-electron chi connectivity index (χ3n) is 5.06. The summed E-state index contributed by atoms with van der Waals surface area (Å²) >= 11 is 0. The van der Waals surface area contributed by atoms with Crippen LogP contribution in [0.15, 0.2) is 24.3 Å². The Bertz CT molecular complexity index is 654. The molecule has 5 heteroatoms. The zero-order valence-corrected chi connectivity index (χ0v) is 17.1. The van der Waals surface area contributed by atoms with Gasteiger partial charge in [0, 0.05) is 31.6 Å². The van der Waals surface area contributed by atoms with Gasteiger partial charge in [0.05, 0.1) is 5.92 Å². The van der Waals surface area contributed by atoms with E-state index in [-0.39, 0.29) is 23.5 Å². The highest BCUT2D eigenvalue weighted by atomic mass is 19.1. The van der Waals surface area contributed by atoms with Crippen LogP contribution < -0.4 is 0 Å². The molecule has 0 N–H and O–H groups in total. The molecule has 2 amide bonds. The van der Waals surface area contributed by atoms with Crippen molar-refractivity contribution in [2.45, 2.75) is 53.4 Å². The molecule has 0 aliphatic carbocycles. The average Bonchev–Trinajstić information content (AvgIpc) is 2.63. The zero-order chi connectivity index (χ0) is 20.0. The molecule has 1 aliphatic heterocycles. The molecule has 1 aromatic rings. The first-order valence-electron chi connectivity index (χ1n) is 10.0. The van der Waals surface area contributed by atoms with Crippen molar-refractivity contribution in [1.82, 2.24) is 9.80 Å². The summed E-state index contributed by atoms with van der Waals surface area (Å²) in [4.78, 5) is 29.4. The van der Waals surface area contributed by atoms with Crippen molar-refractivity contribution in [2.75, 3.05) is 26.2 Å². The number of carbonyl (C=O) groups excluding carboxylic acids is 2. The maximum atomic E-state index is 13.4. The maximum Gasteiger partial charge on any atom is 0.227 e. The minimum Gasteiger partial charge on any atom is -0.342 e. The van der Waals surface area contributed by atoms with Crippen LogP contribution in [-0.2, 0) is 16.0 Å². The molecule has 0 saturated carbocycles. The number of carbonyl (C=O) groups is 2. The van der Waals surface area contributed by atoms with E-state index in [2.05, 4.69) is 6.92 Å². The molecular weight excluding hydrogens is 343 g/mol. The fourth-order valence-electron chi connectivity index (χ4n) is 3.65. The van der Waals surface area contributed by atoms with Crippen LogP contribution in [0.3, 0.4) is 0 Å². The Morgan fingerprint density at radius 3 is 2.63 bits per heavy atom. The van der Waals surface area contributed by atoms with Gasteiger partial charge >= 0.3 is 0 Å². The van der Waals surface area contributed by atoms with Gasteiger partial charge in [0.1, 0.15) is 5.82 Å². The van der Waals surface area contributed by atoms with Gasteiger partial charge in [0.2, 0.25) is 11.8 Å². The summed E-state index contributed by atoms with van der Waals surface area (Å²) < 4.78 is 13.4. The lowest BCUT2D eigenvalue weighted by molar-refractivity contribution is -0.145. The molecule has 0 radical (unpaired) electrons. The van der Waals surface area contributed by atoms with Crippen molar-refractivity contribution in [1.29, 1.82) is 0 Å². The molecular formula is C22H33FN2O2. The molecule has 150 valence electrons. The molecule has 1 atom stereocenters. The van der Waals surface area contributed by atoms with E-state index in [1.54, 1.807) is 6.07 Å². The molecule has 4 nitrogen and oxygen atoms in total. The maximum absolute atomic E-state index is 13.4. The van der Waals surface area contributed by atoms with E-state index >= 15 is 0 Å². The van der Waals surface area contributed by atoms with Crippen LogP contribution in [0.5, 0.6) is 0 Å². The van der Waals surface area contributed by atoms with Crippen molar-refractivity contribution in [3.05, 3.63) is 35.6 Å². The minimum atomic E-state index is -0.425. The van der Waals surface area contributed by atoms with Gasteiger partial charge in [-0.2, -0.15) is 0 Å². The van der Waals surface area contributed by atoms with E-state index in [1.165, 1.54) is 12.1 Å². The monoisotopic (exact) mass is 376 g/mol. The predicted molar refractivity (Wildman–Crippen MR) is 106 cm³/mol. The van der Waals surface area contributed by atoms with E-state index < -0.39 is 5.41 Å². The summed E-state index contributed by atoms with van der Waals surface area (Å²) in [5.74, 6) is -0.143. The van der Waals surface area contributed by atoms with Gasteiger partial charge < -0.3 is 9.80 Å². The fourth-order valence-corrected chi connectivity index (χ4v) is 3.65. The van der Waals surface area contributed by atoms with E-state index in [9.17, 15) is 14.0 Å². The zero-order valence-electron chi connectivity index (χ0n) is 17.1. The highest BCUT2D eigenvalue weighted by Gasteiger charge is 2.34. The Hall–Kier alpha value is -1.91. The third-order valence-corrected chi connectivity index (χ3v) is 5.06. The molecule has 0 spiro atoms. The van der Waals surface area contributed by atoms with Crippen LogP contribution in [-0.4, -0.2) is 47.8 Å². The van der Waals surface area contributed by atoms with Crippen molar-refractivity contribution in [3.8, 4) is 0 Å². The lowest BCUT2D eigenvalue weighted by Crippen LogP contribution is -2.49. The summed E-state index contributed by atoms with van der Waals surface area (Å²) in [5.41, 5.74) is 0.475. The number of nitrogens with zero attached hydrogens (tertiary/aromatic N) is 2. The summed E-state index contributed by atoms with van der Waals surface area (Å²) in [7, 11) is 0. The summed E-state index contributed by atoms with van der Waals surface area (Å²) in [5, 5.41) is 0. The van der Waals surface area contributed by atoms with Crippen LogP contribution in [0, 0.1) is 17.2 Å². The second kappa shape index (κ2) is 9.34.